The molecule has 0 spiro atoms. The van der Waals surface area contributed by atoms with Crippen molar-refractivity contribution in [1.29, 1.82) is 0 Å². The molecule has 0 saturated carbocycles. The molecule has 1 N–H and O–H groups in total. The SMILES string of the molecule is Cc1ccc(C)c(CC(=O)N2CC(=O)NC(=O)C2C)c1. The summed E-state index contributed by atoms with van der Waals surface area (Å²) in [6.07, 6.45) is 0.207. The van der Waals surface area contributed by atoms with Gasteiger partial charge >= 0.3 is 0 Å². The van der Waals surface area contributed by atoms with Crippen LogP contribution in [0.5, 0.6) is 0 Å². The number of amides is 3. The summed E-state index contributed by atoms with van der Waals surface area (Å²) in [6.45, 7) is 5.48. The summed E-state index contributed by atoms with van der Waals surface area (Å²) < 4.78 is 0. The first-order chi connectivity index (χ1) is 9.38. The molecule has 1 aliphatic heterocycles. The normalized spacial score (nSPS) is 18.9. The largest absolute Gasteiger partial charge is 0.321 e. The molecule has 2 rings (SSSR count). The molecule has 5 nitrogen and oxygen atoms in total. The Morgan fingerprint density at radius 1 is 1.35 bits per heavy atom. The van der Waals surface area contributed by atoms with Gasteiger partial charge in [0.15, 0.2) is 0 Å². The fourth-order valence-electron chi connectivity index (χ4n) is 2.27. The first-order valence-electron chi connectivity index (χ1n) is 6.58. The number of aryl methyl sites for hydroxylation is 2. The van der Waals surface area contributed by atoms with Gasteiger partial charge in [-0.25, -0.2) is 0 Å². The molecule has 1 unspecified atom stereocenters. The van der Waals surface area contributed by atoms with Crippen LogP contribution in [-0.4, -0.2) is 35.2 Å². The standard InChI is InChI=1S/C15H18N2O3/c1-9-4-5-10(2)12(6-9)7-14(19)17-8-13(18)16-15(20)11(17)3/h4-6,11H,7-8H2,1-3H3,(H,16,18,20). The van der Waals surface area contributed by atoms with Crippen LogP contribution in [0.3, 0.4) is 0 Å². The van der Waals surface area contributed by atoms with Gasteiger partial charge in [0.25, 0.3) is 0 Å². The van der Waals surface area contributed by atoms with Gasteiger partial charge in [-0.15, -0.1) is 0 Å². The molecule has 0 aromatic heterocycles. The van der Waals surface area contributed by atoms with E-state index in [0.717, 1.165) is 16.7 Å². The average Bonchev–Trinajstić information content (AvgIpc) is 2.38. The summed E-state index contributed by atoms with van der Waals surface area (Å²) in [4.78, 5) is 36.6. The molecule has 20 heavy (non-hydrogen) atoms. The number of nitrogens with zero attached hydrogens (tertiary/aromatic N) is 1. The second-order valence-corrected chi connectivity index (χ2v) is 5.22. The Bertz CT molecular complexity index is 580. The predicted molar refractivity (Wildman–Crippen MR) is 73.9 cm³/mol. The molecule has 1 fully saturated rings. The fourth-order valence-corrected chi connectivity index (χ4v) is 2.27. The summed E-state index contributed by atoms with van der Waals surface area (Å²) in [5, 5.41) is 2.23. The topological polar surface area (TPSA) is 66.5 Å². The zero-order valence-corrected chi connectivity index (χ0v) is 11.9. The van der Waals surface area contributed by atoms with Crippen molar-refractivity contribution in [3.63, 3.8) is 0 Å². The lowest BCUT2D eigenvalue weighted by Gasteiger charge is -2.31. The van der Waals surface area contributed by atoms with Gasteiger partial charge in [-0.2, -0.15) is 0 Å². The fraction of sp³-hybridized carbons (Fsp3) is 0.400. The molecular formula is C15H18N2O3. The lowest BCUT2D eigenvalue weighted by atomic mass is 10.0. The highest BCUT2D eigenvalue weighted by atomic mass is 16.2. The van der Waals surface area contributed by atoms with Gasteiger partial charge in [-0.3, -0.25) is 19.7 Å². The number of hydrogen-bond acceptors (Lipinski definition) is 3. The third-order valence-electron chi connectivity index (χ3n) is 3.59. The van der Waals surface area contributed by atoms with Crippen LogP contribution in [0.2, 0.25) is 0 Å². The van der Waals surface area contributed by atoms with Crippen LogP contribution in [0.1, 0.15) is 23.6 Å². The van der Waals surface area contributed by atoms with Crippen molar-refractivity contribution in [2.75, 3.05) is 6.54 Å². The van der Waals surface area contributed by atoms with Gasteiger partial charge in [-0.1, -0.05) is 23.8 Å². The Balaban J connectivity index is 2.17. The molecule has 1 aromatic carbocycles. The smallest absolute Gasteiger partial charge is 0.249 e. The average molecular weight is 274 g/mol. The Labute approximate surface area is 118 Å². The maximum absolute atomic E-state index is 12.3. The number of benzene rings is 1. The van der Waals surface area contributed by atoms with Crippen molar-refractivity contribution in [1.82, 2.24) is 10.2 Å². The molecule has 3 amide bonds. The first kappa shape index (κ1) is 14.2. The van der Waals surface area contributed by atoms with Gasteiger partial charge in [0.05, 0.1) is 6.42 Å². The Hall–Kier alpha value is -2.17. The molecule has 1 aliphatic rings. The molecule has 106 valence electrons. The highest BCUT2D eigenvalue weighted by Gasteiger charge is 2.33. The molecule has 0 radical (unpaired) electrons. The van der Waals surface area contributed by atoms with E-state index >= 15 is 0 Å². The lowest BCUT2D eigenvalue weighted by molar-refractivity contribution is -0.149. The number of rotatable bonds is 2. The van der Waals surface area contributed by atoms with Crippen LogP contribution in [0.4, 0.5) is 0 Å². The van der Waals surface area contributed by atoms with Gasteiger partial charge in [0.2, 0.25) is 17.7 Å². The maximum Gasteiger partial charge on any atom is 0.249 e. The van der Waals surface area contributed by atoms with Gasteiger partial charge in [0, 0.05) is 0 Å². The molecule has 0 bridgehead atoms. The summed E-state index contributed by atoms with van der Waals surface area (Å²) in [5.74, 6) is -1.05. The molecule has 1 atom stereocenters. The maximum atomic E-state index is 12.3. The van der Waals surface area contributed by atoms with E-state index in [4.69, 9.17) is 0 Å². The summed E-state index contributed by atoms with van der Waals surface area (Å²) in [6, 6.07) is 5.31. The number of nitrogens with one attached hydrogen (secondary N) is 1. The second-order valence-electron chi connectivity index (χ2n) is 5.22. The molecule has 5 heteroatoms. The van der Waals surface area contributed by atoms with Crippen LogP contribution >= 0.6 is 0 Å². The summed E-state index contributed by atoms with van der Waals surface area (Å²) >= 11 is 0. The van der Waals surface area contributed by atoms with Crippen molar-refractivity contribution in [3.8, 4) is 0 Å². The second kappa shape index (κ2) is 5.45. The van der Waals surface area contributed by atoms with Gasteiger partial charge in [0.1, 0.15) is 12.6 Å². The Kier molecular flexibility index (Phi) is 3.88. The van der Waals surface area contributed by atoms with E-state index in [2.05, 4.69) is 5.32 Å². The van der Waals surface area contributed by atoms with Crippen molar-refractivity contribution >= 4 is 17.7 Å². The van der Waals surface area contributed by atoms with Crippen molar-refractivity contribution in [2.24, 2.45) is 0 Å². The van der Waals surface area contributed by atoms with Crippen LogP contribution in [0.25, 0.3) is 0 Å². The van der Waals surface area contributed by atoms with Crippen molar-refractivity contribution in [2.45, 2.75) is 33.2 Å². The monoisotopic (exact) mass is 274 g/mol. The Morgan fingerprint density at radius 2 is 2.05 bits per heavy atom. The third-order valence-corrected chi connectivity index (χ3v) is 3.59. The van der Waals surface area contributed by atoms with E-state index in [1.54, 1.807) is 6.92 Å². The Morgan fingerprint density at radius 3 is 2.75 bits per heavy atom. The van der Waals surface area contributed by atoms with Crippen molar-refractivity contribution < 1.29 is 14.4 Å². The molecule has 1 heterocycles. The van der Waals surface area contributed by atoms with Gasteiger partial charge in [-0.05, 0) is 31.9 Å². The van der Waals surface area contributed by atoms with E-state index in [1.165, 1.54) is 4.90 Å². The molecule has 1 saturated heterocycles. The summed E-state index contributed by atoms with van der Waals surface area (Å²) in [5.41, 5.74) is 3.05. The lowest BCUT2D eigenvalue weighted by Crippen LogP contribution is -2.58. The molecule has 1 aromatic rings. The number of hydrogen-bond donors (Lipinski definition) is 1. The van der Waals surface area contributed by atoms with Crippen LogP contribution in [0.15, 0.2) is 18.2 Å². The van der Waals surface area contributed by atoms with E-state index < -0.39 is 17.9 Å². The number of carbonyl (C=O) groups excluding carboxylic acids is 3. The number of piperazine rings is 1. The van der Waals surface area contributed by atoms with Crippen molar-refractivity contribution in [3.05, 3.63) is 34.9 Å². The number of imide groups is 1. The van der Waals surface area contributed by atoms with E-state index in [0.29, 0.717) is 0 Å². The van der Waals surface area contributed by atoms with E-state index in [9.17, 15) is 14.4 Å². The zero-order chi connectivity index (χ0) is 14.9. The van der Waals surface area contributed by atoms with Crippen LogP contribution < -0.4 is 5.32 Å². The quantitative estimate of drug-likeness (QED) is 0.808. The van der Waals surface area contributed by atoms with E-state index in [1.807, 2.05) is 32.0 Å². The van der Waals surface area contributed by atoms with Crippen LogP contribution in [-0.2, 0) is 20.8 Å². The zero-order valence-electron chi connectivity index (χ0n) is 11.9. The van der Waals surface area contributed by atoms with Crippen LogP contribution in [0, 0.1) is 13.8 Å². The molecular weight excluding hydrogens is 256 g/mol. The number of carbonyl (C=O) groups is 3. The first-order valence-corrected chi connectivity index (χ1v) is 6.58. The highest BCUT2D eigenvalue weighted by Crippen LogP contribution is 2.14. The minimum Gasteiger partial charge on any atom is -0.321 e. The van der Waals surface area contributed by atoms with Gasteiger partial charge < -0.3 is 4.90 Å². The minimum atomic E-state index is -0.606. The molecule has 0 aliphatic carbocycles. The predicted octanol–water partition coefficient (Wildman–Crippen LogP) is 0.719. The highest BCUT2D eigenvalue weighted by molar-refractivity contribution is 6.04. The third kappa shape index (κ3) is 2.87. The minimum absolute atomic E-state index is 0.0589. The van der Waals surface area contributed by atoms with E-state index in [-0.39, 0.29) is 18.9 Å². The summed E-state index contributed by atoms with van der Waals surface area (Å²) in [7, 11) is 0.